The van der Waals surface area contributed by atoms with E-state index in [2.05, 4.69) is 26.2 Å². The second-order valence-corrected chi connectivity index (χ2v) is 5.57. The van der Waals surface area contributed by atoms with E-state index in [1.54, 1.807) is 12.3 Å². The van der Waals surface area contributed by atoms with Gasteiger partial charge < -0.3 is 10.2 Å². The van der Waals surface area contributed by atoms with Gasteiger partial charge in [-0.25, -0.2) is 4.98 Å². The molecule has 18 heavy (non-hydrogen) atoms. The summed E-state index contributed by atoms with van der Waals surface area (Å²) in [5.41, 5.74) is 0. The van der Waals surface area contributed by atoms with Gasteiger partial charge >= 0.3 is 0 Å². The Kier molecular flexibility index (Phi) is 4.83. The number of anilines is 1. The summed E-state index contributed by atoms with van der Waals surface area (Å²) in [5, 5.41) is 3.64. The molecule has 1 N–H and O–H groups in total. The molecular formula is C12H15BrClN3O. The fourth-order valence-corrected chi connectivity index (χ4v) is 2.65. The first-order valence-corrected chi connectivity index (χ1v) is 7.16. The van der Waals surface area contributed by atoms with Crippen molar-refractivity contribution in [1.82, 2.24) is 9.88 Å². The molecule has 1 aliphatic heterocycles. The van der Waals surface area contributed by atoms with Gasteiger partial charge in [0.2, 0.25) is 5.91 Å². The minimum atomic E-state index is 0.202. The Morgan fingerprint density at radius 1 is 1.50 bits per heavy atom. The number of nitrogens with zero attached hydrogens (tertiary/aromatic N) is 2. The van der Waals surface area contributed by atoms with Gasteiger partial charge in [0.25, 0.3) is 0 Å². The first-order chi connectivity index (χ1) is 8.66. The highest BCUT2D eigenvalue weighted by atomic mass is 79.9. The molecule has 0 spiro atoms. The number of likely N-dealkylation sites (tertiary alicyclic amines) is 1. The summed E-state index contributed by atoms with van der Waals surface area (Å²) < 4.78 is 0.839. The third-order valence-electron chi connectivity index (χ3n) is 2.90. The molecule has 1 aromatic heterocycles. The molecule has 6 heteroatoms. The number of carbonyl (C=O) groups is 1. The lowest BCUT2D eigenvalue weighted by Gasteiger charge is -2.15. The molecule has 0 aromatic carbocycles. The first kappa shape index (κ1) is 13.6. The smallest absolute Gasteiger partial charge is 0.224 e. The normalized spacial score (nSPS) is 14.9. The highest BCUT2D eigenvalue weighted by Gasteiger charge is 2.17. The van der Waals surface area contributed by atoms with Crippen molar-refractivity contribution >= 4 is 39.3 Å². The van der Waals surface area contributed by atoms with Crippen LogP contribution in [0.25, 0.3) is 0 Å². The van der Waals surface area contributed by atoms with E-state index in [-0.39, 0.29) is 5.91 Å². The van der Waals surface area contributed by atoms with Crippen LogP contribution in [-0.4, -0.2) is 35.4 Å². The maximum Gasteiger partial charge on any atom is 0.224 e. The van der Waals surface area contributed by atoms with Crippen LogP contribution in [-0.2, 0) is 4.79 Å². The Hall–Kier alpha value is -0.810. The van der Waals surface area contributed by atoms with E-state index in [4.69, 9.17) is 11.6 Å². The molecule has 0 radical (unpaired) electrons. The molecule has 1 fully saturated rings. The van der Waals surface area contributed by atoms with Crippen molar-refractivity contribution in [2.75, 3.05) is 25.0 Å². The quantitative estimate of drug-likeness (QED) is 0.922. The lowest BCUT2D eigenvalue weighted by atomic mass is 10.3. The van der Waals surface area contributed by atoms with Gasteiger partial charge in [-0.1, -0.05) is 11.6 Å². The molecule has 0 unspecified atom stereocenters. The van der Waals surface area contributed by atoms with Crippen LogP contribution < -0.4 is 5.32 Å². The summed E-state index contributed by atoms with van der Waals surface area (Å²) in [6.45, 7) is 2.36. The van der Waals surface area contributed by atoms with Gasteiger partial charge in [-0.05, 0) is 34.8 Å². The summed E-state index contributed by atoms with van der Waals surface area (Å²) >= 11 is 9.32. The molecule has 98 valence electrons. The number of pyridine rings is 1. The molecule has 0 saturated carbocycles. The molecule has 0 atom stereocenters. The molecule has 0 aliphatic carbocycles. The van der Waals surface area contributed by atoms with Gasteiger partial charge in [-0.3, -0.25) is 4.79 Å². The summed E-state index contributed by atoms with van der Waals surface area (Å²) in [6.07, 6.45) is 4.41. The maximum absolute atomic E-state index is 11.8. The highest BCUT2D eigenvalue weighted by Crippen LogP contribution is 2.22. The summed E-state index contributed by atoms with van der Waals surface area (Å²) in [5.74, 6) is 0.822. The van der Waals surface area contributed by atoms with Gasteiger partial charge in [-0.2, -0.15) is 0 Å². The van der Waals surface area contributed by atoms with E-state index in [1.165, 1.54) is 0 Å². The van der Waals surface area contributed by atoms with Crippen molar-refractivity contribution in [2.45, 2.75) is 19.3 Å². The van der Waals surface area contributed by atoms with Crippen LogP contribution in [0.2, 0.25) is 5.02 Å². The molecule has 1 saturated heterocycles. The molecule has 2 heterocycles. The number of hydrogen-bond donors (Lipinski definition) is 1. The predicted octanol–water partition coefficient (Wildman–Crippen LogP) is 2.92. The average molecular weight is 333 g/mol. The molecule has 1 amide bonds. The molecule has 2 rings (SSSR count). The average Bonchev–Trinajstić information content (AvgIpc) is 2.85. The molecule has 0 bridgehead atoms. The van der Waals surface area contributed by atoms with Crippen LogP contribution in [0.4, 0.5) is 5.82 Å². The van der Waals surface area contributed by atoms with Crippen LogP contribution in [0.15, 0.2) is 16.7 Å². The second-order valence-electron chi connectivity index (χ2n) is 4.25. The van der Waals surface area contributed by atoms with Gasteiger partial charge in [0.05, 0.1) is 5.02 Å². The standard InChI is InChI=1S/C12H15BrClN3O/c13-9-7-10(14)12(16-8-9)15-4-3-11(18)17-5-1-2-6-17/h7-8H,1-6H2,(H,15,16). The Balaban J connectivity index is 1.79. The van der Waals surface area contributed by atoms with E-state index in [9.17, 15) is 4.79 Å². The Morgan fingerprint density at radius 2 is 2.22 bits per heavy atom. The van der Waals surface area contributed by atoms with Gasteiger partial charge in [0, 0.05) is 36.7 Å². The zero-order valence-corrected chi connectivity index (χ0v) is 12.3. The zero-order valence-electron chi connectivity index (χ0n) is 9.96. The summed E-state index contributed by atoms with van der Waals surface area (Å²) in [6, 6.07) is 1.78. The fraction of sp³-hybridized carbons (Fsp3) is 0.500. The van der Waals surface area contributed by atoms with Gasteiger partial charge in [-0.15, -0.1) is 0 Å². The Bertz CT molecular complexity index is 435. The minimum Gasteiger partial charge on any atom is -0.368 e. The van der Waals surface area contributed by atoms with E-state index in [0.717, 1.165) is 30.4 Å². The van der Waals surface area contributed by atoms with E-state index in [0.29, 0.717) is 23.8 Å². The van der Waals surface area contributed by atoms with Crippen LogP contribution in [0.5, 0.6) is 0 Å². The molecule has 4 nitrogen and oxygen atoms in total. The van der Waals surface area contributed by atoms with E-state index < -0.39 is 0 Å². The van der Waals surface area contributed by atoms with Crippen LogP contribution in [0.3, 0.4) is 0 Å². The number of carbonyl (C=O) groups excluding carboxylic acids is 1. The van der Waals surface area contributed by atoms with Crippen LogP contribution in [0, 0.1) is 0 Å². The van der Waals surface area contributed by atoms with E-state index in [1.807, 2.05) is 4.90 Å². The zero-order chi connectivity index (χ0) is 13.0. The van der Waals surface area contributed by atoms with Crippen LogP contribution in [0.1, 0.15) is 19.3 Å². The van der Waals surface area contributed by atoms with Gasteiger partial charge in [0.15, 0.2) is 0 Å². The molecular weight excluding hydrogens is 318 g/mol. The lowest BCUT2D eigenvalue weighted by Crippen LogP contribution is -2.29. The predicted molar refractivity (Wildman–Crippen MR) is 75.9 cm³/mol. The lowest BCUT2D eigenvalue weighted by molar-refractivity contribution is -0.129. The number of nitrogens with one attached hydrogen (secondary N) is 1. The first-order valence-electron chi connectivity index (χ1n) is 5.99. The maximum atomic E-state index is 11.8. The monoisotopic (exact) mass is 331 g/mol. The highest BCUT2D eigenvalue weighted by molar-refractivity contribution is 9.10. The third-order valence-corrected chi connectivity index (χ3v) is 3.62. The molecule has 1 aromatic rings. The minimum absolute atomic E-state index is 0.202. The van der Waals surface area contributed by atoms with Crippen LogP contribution >= 0.6 is 27.5 Å². The fourth-order valence-electron chi connectivity index (χ4n) is 1.96. The van der Waals surface area contributed by atoms with Crippen molar-refractivity contribution in [1.29, 1.82) is 0 Å². The summed E-state index contributed by atoms with van der Waals surface area (Å²) in [4.78, 5) is 17.9. The number of aromatic nitrogens is 1. The SMILES string of the molecule is O=C(CCNc1ncc(Br)cc1Cl)N1CCCC1. The largest absolute Gasteiger partial charge is 0.368 e. The Labute approximate surface area is 120 Å². The van der Waals surface area contributed by atoms with E-state index >= 15 is 0 Å². The van der Waals surface area contributed by atoms with Crippen molar-refractivity contribution < 1.29 is 4.79 Å². The van der Waals surface area contributed by atoms with Gasteiger partial charge in [0.1, 0.15) is 5.82 Å². The Morgan fingerprint density at radius 3 is 2.89 bits per heavy atom. The number of hydrogen-bond acceptors (Lipinski definition) is 3. The third kappa shape index (κ3) is 3.59. The summed E-state index contributed by atoms with van der Waals surface area (Å²) in [7, 11) is 0. The molecule has 1 aliphatic rings. The number of amides is 1. The number of rotatable bonds is 4. The van der Waals surface area contributed by atoms with Crippen molar-refractivity contribution in [3.63, 3.8) is 0 Å². The topological polar surface area (TPSA) is 45.2 Å². The van der Waals surface area contributed by atoms with Crippen molar-refractivity contribution in [2.24, 2.45) is 0 Å². The van der Waals surface area contributed by atoms with Crippen molar-refractivity contribution in [3.05, 3.63) is 21.8 Å². The number of halogens is 2. The van der Waals surface area contributed by atoms with Crippen molar-refractivity contribution in [3.8, 4) is 0 Å². The second kappa shape index (κ2) is 6.38.